The number of ketones is 1. The van der Waals surface area contributed by atoms with Gasteiger partial charge in [-0.05, 0) is 5.56 Å². The van der Waals surface area contributed by atoms with Crippen LogP contribution in [-0.2, 0) is 22.1 Å². The average molecular weight is 263 g/mol. The fourth-order valence-electron chi connectivity index (χ4n) is 2.97. The molecule has 2 unspecified atom stereocenters. The van der Waals surface area contributed by atoms with Crippen LogP contribution in [0.15, 0.2) is 30.3 Å². The highest BCUT2D eigenvalue weighted by Crippen LogP contribution is 2.26. The smallest absolute Gasteiger partial charge is 0.143 e. The van der Waals surface area contributed by atoms with Crippen LogP contribution in [0.4, 0.5) is 0 Å². The van der Waals surface area contributed by atoms with Gasteiger partial charge in [0.25, 0.3) is 0 Å². The van der Waals surface area contributed by atoms with Crippen LogP contribution in [0.3, 0.4) is 0 Å². The molecular weight excluding hydrogens is 246 g/mol. The predicted octanol–water partition coefficient (Wildman–Crippen LogP) is 1.07. The van der Waals surface area contributed by atoms with E-state index in [4.69, 9.17) is 0 Å². The van der Waals surface area contributed by atoms with E-state index in [0.717, 1.165) is 19.6 Å². The first-order valence-electron chi connectivity index (χ1n) is 6.37. The van der Waals surface area contributed by atoms with E-state index >= 15 is 0 Å². The van der Waals surface area contributed by atoms with Gasteiger partial charge in [-0.3, -0.25) is 13.9 Å². The van der Waals surface area contributed by atoms with Crippen molar-refractivity contribution in [3.63, 3.8) is 0 Å². The Morgan fingerprint density at radius 3 is 2.33 bits per heavy atom. The third-order valence-corrected chi connectivity index (χ3v) is 5.33. The highest BCUT2D eigenvalue weighted by atomic mass is 32.2. The number of hydrogen-bond acceptors (Lipinski definition) is 3. The van der Waals surface area contributed by atoms with Crippen LogP contribution < -0.4 is 0 Å². The van der Waals surface area contributed by atoms with Crippen LogP contribution in [0.5, 0.6) is 0 Å². The van der Waals surface area contributed by atoms with Crippen LogP contribution in [-0.4, -0.2) is 39.5 Å². The molecule has 3 nitrogen and oxygen atoms in total. The summed E-state index contributed by atoms with van der Waals surface area (Å²) in [5, 5.41) is 0. The van der Waals surface area contributed by atoms with Crippen LogP contribution in [0.1, 0.15) is 5.56 Å². The number of likely N-dealkylation sites (tertiary alicyclic amines) is 1. The first kappa shape index (κ1) is 12.1. The Morgan fingerprint density at radius 2 is 1.72 bits per heavy atom. The van der Waals surface area contributed by atoms with Gasteiger partial charge in [-0.1, -0.05) is 30.3 Å². The van der Waals surface area contributed by atoms with E-state index in [0.29, 0.717) is 17.3 Å². The van der Waals surface area contributed by atoms with Crippen molar-refractivity contribution < 1.29 is 9.00 Å². The quantitative estimate of drug-likeness (QED) is 0.801. The Kier molecular flexibility index (Phi) is 3.31. The number of carbonyl (C=O) groups excluding carboxylic acids is 1. The van der Waals surface area contributed by atoms with Gasteiger partial charge < -0.3 is 0 Å². The maximum absolute atomic E-state index is 12.0. The largest absolute Gasteiger partial charge is 0.299 e. The second-order valence-electron chi connectivity index (χ2n) is 5.25. The van der Waals surface area contributed by atoms with Gasteiger partial charge in [-0.2, -0.15) is 0 Å². The summed E-state index contributed by atoms with van der Waals surface area (Å²) in [5.41, 5.74) is 1.28. The Bertz CT molecular complexity index is 454. The summed E-state index contributed by atoms with van der Waals surface area (Å²) in [4.78, 5) is 14.3. The predicted molar refractivity (Wildman–Crippen MR) is 71.6 cm³/mol. The average Bonchev–Trinajstić information content (AvgIpc) is 2.33. The highest BCUT2D eigenvalue weighted by Gasteiger charge is 2.40. The van der Waals surface area contributed by atoms with Crippen molar-refractivity contribution in [2.24, 2.45) is 11.8 Å². The number of Topliss-reactive ketones (excluding diaryl/α,β-unsaturated/α-hetero) is 1. The van der Waals surface area contributed by atoms with Gasteiger partial charge in [-0.15, -0.1) is 0 Å². The van der Waals surface area contributed by atoms with E-state index in [9.17, 15) is 9.00 Å². The molecule has 0 spiro atoms. The normalized spacial score (nSPS) is 32.4. The zero-order chi connectivity index (χ0) is 12.5. The fourth-order valence-corrected chi connectivity index (χ4v) is 4.54. The van der Waals surface area contributed by atoms with Crippen molar-refractivity contribution in [3.05, 3.63) is 35.9 Å². The van der Waals surface area contributed by atoms with Gasteiger partial charge >= 0.3 is 0 Å². The SMILES string of the molecule is O=C1C2CN(Cc3ccccc3)CC1CS(=O)C2. The number of rotatable bonds is 2. The summed E-state index contributed by atoms with van der Waals surface area (Å²) in [6, 6.07) is 10.3. The van der Waals surface area contributed by atoms with Crippen molar-refractivity contribution in [3.8, 4) is 0 Å². The first-order chi connectivity index (χ1) is 8.72. The lowest BCUT2D eigenvalue weighted by Crippen LogP contribution is -2.53. The summed E-state index contributed by atoms with van der Waals surface area (Å²) in [6.07, 6.45) is 0. The van der Waals surface area contributed by atoms with Crippen molar-refractivity contribution in [2.45, 2.75) is 6.54 Å². The molecule has 2 bridgehead atoms. The second kappa shape index (κ2) is 4.94. The molecular formula is C14H17NO2S. The number of nitrogens with zero attached hydrogens (tertiary/aromatic N) is 1. The number of benzene rings is 1. The summed E-state index contributed by atoms with van der Waals surface area (Å²) < 4.78 is 11.6. The van der Waals surface area contributed by atoms with E-state index < -0.39 is 10.8 Å². The molecule has 18 heavy (non-hydrogen) atoms. The van der Waals surface area contributed by atoms with Crippen LogP contribution in [0, 0.1) is 11.8 Å². The zero-order valence-corrected chi connectivity index (χ0v) is 11.1. The van der Waals surface area contributed by atoms with E-state index in [-0.39, 0.29) is 11.8 Å². The first-order valence-corrected chi connectivity index (χ1v) is 7.86. The molecule has 0 N–H and O–H groups in total. The van der Waals surface area contributed by atoms with Crippen molar-refractivity contribution >= 4 is 16.6 Å². The molecule has 0 radical (unpaired) electrons. The molecule has 2 aliphatic heterocycles. The summed E-state index contributed by atoms with van der Waals surface area (Å²) >= 11 is 0. The minimum Gasteiger partial charge on any atom is -0.299 e. The Balaban J connectivity index is 1.70. The van der Waals surface area contributed by atoms with Crippen molar-refractivity contribution in [1.29, 1.82) is 0 Å². The van der Waals surface area contributed by atoms with Crippen LogP contribution in [0.2, 0.25) is 0 Å². The standard InChI is InChI=1S/C14H17NO2S/c16-14-12-7-15(6-11-4-2-1-3-5-11)8-13(14)10-18(17)9-12/h1-5,12-13H,6-10H2. The third-order valence-electron chi connectivity index (χ3n) is 3.79. The number of fused-ring (bicyclic) bond motifs is 2. The van der Waals surface area contributed by atoms with E-state index in [1.54, 1.807) is 0 Å². The van der Waals surface area contributed by atoms with E-state index in [2.05, 4.69) is 17.0 Å². The van der Waals surface area contributed by atoms with E-state index in [1.165, 1.54) is 5.56 Å². The molecule has 3 rings (SSSR count). The van der Waals surface area contributed by atoms with Gasteiger partial charge in [0.2, 0.25) is 0 Å². The Morgan fingerprint density at radius 1 is 1.11 bits per heavy atom. The Hall–Kier alpha value is -1.00. The van der Waals surface area contributed by atoms with E-state index in [1.807, 2.05) is 18.2 Å². The zero-order valence-electron chi connectivity index (χ0n) is 10.2. The van der Waals surface area contributed by atoms with Gasteiger partial charge in [0.1, 0.15) is 5.78 Å². The van der Waals surface area contributed by atoms with Gasteiger partial charge in [0.15, 0.2) is 0 Å². The molecule has 0 saturated carbocycles. The molecule has 96 valence electrons. The Labute approximate surface area is 110 Å². The molecule has 1 aromatic rings. The minimum atomic E-state index is -0.779. The summed E-state index contributed by atoms with van der Waals surface area (Å²) in [6.45, 7) is 2.44. The molecule has 0 amide bonds. The maximum Gasteiger partial charge on any atom is 0.143 e. The van der Waals surface area contributed by atoms with Crippen LogP contribution >= 0.6 is 0 Å². The van der Waals surface area contributed by atoms with Crippen molar-refractivity contribution in [1.82, 2.24) is 4.90 Å². The van der Waals surface area contributed by atoms with Gasteiger partial charge in [-0.25, -0.2) is 0 Å². The highest BCUT2D eigenvalue weighted by molar-refractivity contribution is 7.85. The molecule has 2 fully saturated rings. The molecule has 2 saturated heterocycles. The third kappa shape index (κ3) is 2.40. The lowest BCUT2D eigenvalue weighted by molar-refractivity contribution is -0.130. The molecule has 2 atom stereocenters. The van der Waals surface area contributed by atoms with Gasteiger partial charge in [0.05, 0.1) is 0 Å². The number of hydrogen-bond donors (Lipinski definition) is 0. The number of carbonyl (C=O) groups is 1. The fraction of sp³-hybridized carbons (Fsp3) is 0.500. The lowest BCUT2D eigenvalue weighted by Gasteiger charge is -2.39. The monoisotopic (exact) mass is 263 g/mol. The molecule has 2 heterocycles. The molecule has 0 aliphatic carbocycles. The summed E-state index contributed by atoms with van der Waals surface area (Å²) in [5.74, 6) is 1.49. The lowest BCUT2D eigenvalue weighted by atomic mass is 9.89. The van der Waals surface area contributed by atoms with Crippen LogP contribution in [0.25, 0.3) is 0 Å². The maximum atomic E-state index is 12.0. The molecule has 1 aromatic carbocycles. The van der Waals surface area contributed by atoms with Crippen molar-refractivity contribution in [2.75, 3.05) is 24.6 Å². The molecule has 2 aliphatic rings. The molecule has 0 aromatic heterocycles. The second-order valence-corrected chi connectivity index (χ2v) is 6.80. The minimum absolute atomic E-state index is 0.00189. The number of piperidine rings is 1. The van der Waals surface area contributed by atoms with Gasteiger partial charge in [0, 0.05) is 53.8 Å². The summed E-state index contributed by atoms with van der Waals surface area (Å²) in [7, 11) is -0.779. The topological polar surface area (TPSA) is 37.4 Å². The molecule has 4 heteroatoms.